The fourth-order valence-electron chi connectivity index (χ4n) is 4.03. The largest absolute Gasteiger partial charge is 0.497 e. The molecule has 0 unspecified atom stereocenters. The van der Waals surface area contributed by atoms with Gasteiger partial charge in [0.05, 0.1) is 24.3 Å². The number of ether oxygens (including phenoxy) is 1. The number of amides is 3. The molecule has 0 aliphatic heterocycles. The third-order valence-electron chi connectivity index (χ3n) is 6.08. The lowest BCUT2D eigenvalue weighted by Crippen LogP contribution is -2.64. The second-order valence-electron chi connectivity index (χ2n) is 8.69. The summed E-state index contributed by atoms with van der Waals surface area (Å²) in [5.74, 6) is -2.76. The number of primary amides is 1. The zero-order valence-electron chi connectivity index (χ0n) is 19.3. The van der Waals surface area contributed by atoms with Crippen molar-refractivity contribution in [2.24, 2.45) is 5.73 Å². The topological polar surface area (TPSA) is 171 Å². The summed E-state index contributed by atoms with van der Waals surface area (Å²) in [6.45, 7) is 0. The molecule has 0 heterocycles. The first-order valence-corrected chi connectivity index (χ1v) is 11.4. The molecule has 2 aromatic rings. The van der Waals surface area contributed by atoms with Crippen molar-refractivity contribution in [3.63, 3.8) is 0 Å². The number of carbonyl (C=O) groups is 3. The van der Waals surface area contributed by atoms with Gasteiger partial charge in [-0.05, 0) is 35.9 Å². The van der Waals surface area contributed by atoms with Crippen molar-refractivity contribution >= 4 is 29.3 Å². The van der Waals surface area contributed by atoms with E-state index < -0.39 is 66.3 Å². The van der Waals surface area contributed by atoms with E-state index in [9.17, 15) is 34.1 Å². The smallest absolute Gasteiger partial charge is 0.252 e. The maximum absolute atomic E-state index is 13.4. The van der Waals surface area contributed by atoms with E-state index in [0.29, 0.717) is 11.3 Å². The van der Waals surface area contributed by atoms with Gasteiger partial charge < -0.3 is 36.4 Å². The van der Waals surface area contributed by atoms with Gasteiger partial charge in [-0.25, -0.2) is 4.39 Å². The first-order chi connectivity index (χ1) is 16.9. The van der Waals surface area contributed by atoms with Gasteiger partial charge in [-0.3, -0.25) is 14.4 Å². The van der Waals surface area contributed by atoms with Crippen LogP contribution in [0, 0.1) is 5.82 Å². The number of hydrogen-bond acceptors (Lipinski definition) is 7. The minimum atomic E-state index is -2.25. The molecule has 0 spiro atoms. The number of nitrogens with one attached hydrogen (secondary N) is 2. The van der Waals surface area contributed by atoms with Gasteiger partial charge in [0, 0.05) is 24.8 Å². The van der Waals surface area contributed by atoms with Gasteiger partial charge in [0.1, 0.15) is 29.3 Å². The Morgan fingerprint density at radius 2 is 1.86 bits per heavy atom. The highest BCUT2D eigenvalue weighted by Crippen LogP contribution is 2.30. The van der Waals surface area contributed by atoms with Crippen LogP contribution in [0.5, 0.6) is 5.75 Å². The van der Waals surface area contributed by atoms with Crippen molar-refractivity contribution < 1.29 is 38.8 Å². The van der Waals surface area contributed by atoms with Crippen LogP contribution in [0.2, 0.25) is 5.02 Å². The molecule has 0 saturated heterocycles. The molecule has 12 heteroatoms. The molecular weight excluding hydrogens is 497 g/mol. The Balaban J connectivity index is 1.73. The molecule has 0 aromatic heterocycles. The molecule has 1 aliphatic carbocycles. The Bertz CT molecular complexity index is 1130. The van der Waals surface area contributed by atoms with Crippen molar-refractivity contribution in [1.82, 2.24) is 10.6 Å². The van der Waals surface area contributed by atoms with Crippen LogP contribution in [0.1, 0.15) is 28.8 Å². The van der Waals surface area contributed by atoms with Crippen LogP contribution in [0.15, 0.2) is 42.5 Å². The first kappa shape index (κ1) is 27.3. The summed E-state index contributed by atoms with van der Waals surface area (Å²) in [7, 11) is 1.50. The quantitative estimate of drug-likeness (QED) is 0.283. The fraction of sp³-hybridized carbons (Fsp3) is 0.375. The van der Waals surface area contributed by atoms with E-state index in [4.69, 9.17) is 22.1 Å². The molecule has 7 N–H and O–H groups in total. The number of carbonyl (C=O) groups excluding carboxylic acids is 3. The number of aliphatic hydroxyl groups is 3. The van der Waals surface area contributed by atoms with E-state index in [2.05, 4.69) is 10.6 Å². The molecule has 3 amide bonds. The van der Waals surface area contributed by atoms with Crippen LogP contribution in [0.4, 0.5) is 4.39 Å². The van der Waals surface area contributed by atoms with E-state index in [1.807, 2.05) is 0 Å². The zero-order valence-corrected chi connectivity index (χ0v) is 20.0. The van der Waals surface area contributed by atoms with Gasteiger partial charge in [0.25, 0.3) is 11.8 Å². The Morgan fingerprint density at radius 1 is 1.19 bits per heavy atom. The molecular formula is C24H27ClFN3O7. The molecule has 194 valence electrons. The average Bonchev–Trinajstić information content (AvgIpc) is 2.83. The molecule has 0 radical (unpaired) electrons. The van der Waals surface area contributed by atoms with Gasteiger partial charge in [-0.1, -0.05) is 23.7 Å². The number of aliphatic hydroxyl groups excluding tert-OH is 2. The van der Waals surface area contributed by atoms with E-state index in [1.54, 1.807) is 24.3 Å². The van der Waals surface area contributed by atoms with Crippen LogP contribution in [-0.2, 0) is 16.0 Å². The predicted molar refractivity (Wildman–Crippen MR) is 127 cm³/mol. The lowest BCUT2D eigenvalue weighted by molar-refractivity contribution is -0.159. The van der Waals surface area contributed by atoms with Gasteiger partial charge in [-0.15, -0.1) is 0 Å². The van der Waals surface area contributed by atoms with Crippen molar-refractivity contribution in [1.29, 1.82) is 0 Å². The maximum Gasteiger partial charge on any atom is 0.252 e. The highest BCUT2D eigenvalue weighted by molar-refractivity contribution is 6.31. The number of hydrogen-bond donors (Lipinski definition) is 6. The summed E-state index contributed by atoms with van der Waals surface area (Å²) in [6.07, 6.45) is -4.10. The van der Waals surface area contributed by atoms with E-state index in [1.165, 1.54) is 7.11 Å². The molecule has 5 atom stereocenters. The SMILES string of the molecule is COc1ccc(C[C@H](NC(=O)[C@@]2(O)C[C@@H](O)[C@H](O)[C@@H](NC(=O)c3ccc(F)c(Cl)c3)C2)C(N)=O)cc1. The van der Waals surface area contributed by atoms with E-state index in [-0.39, 0.29) is 17.0 Å². The number of halogens is 2. The minimum Gasteiger partial charge on any atom is -0.497 e. The minimum absolute atomic E-state index is 0.0256. The standard InChI is InChI=1S/C24H27ClFN3O7/c1-36-14-5-2-12(3-6-14)8-17(21(27)32)29-23(34)24(35)10-18(20(31)19(30)11-24)28-22(33)13-4-7-16(26)15(25)9-13/h2-7,9,17-20,30-31,35H,8,10-11H2,1H3,(H2,27,32)(H,28,33)(H,29,34)/t17-,18-,19+,20+,24-/m0/s1. The molecule has 1 saturated carbocycles. The van der Waals surface area contributed by atoms with Crippen molar-refractivity contribution in [2.75, 3.05) is 7.11 Å². The molecule has 1 fully saturated rings. The van der Waals surface area contributed by atoms with Crippen LogP contribution in [0.3, 0.4) is 0 Å². The third kappa shape index (κ3) is 6.30. The number of rotatable bonds is 8. The molecule has 2 aromatic carbocycles. The van der Waals surface area contributed by atoms with Gasteiger partial charge in [0.15, 0.2) is 0 Å². The number of nitrogens with two attached hydrogens (primary N) is 1. The second kappa shape index (κ2) is 11.2. The van der Waals surface area contributed by atoms with Gasteiger partial charge in [-0.2, -0.15) is 0 Å². The Labute approximate surface area is 211 Å². The monoisotopic (exact) mass is 523 g/mol. The predicted octanol–water partition coefficient (Wildman–Crippen LogP) is 0.0456. The zero-order chi connectivity index (χ0) is 26.6. The van der Waals surface area contributed by atoms with Crippen LogP contribution >= 0.6 is 11.6 Å². The fourth-order valence-corrected chi connectivity index (χ4v) is 4.21. The van der Waals surface area contributed by atoms with E-state index in [0.717, 1.165) is 18.2 Å². The Hall–Kier alpha value is -3.25. The highest BCUT2D eigenvalue weighted by Gasteiger charge is 2.49. The lowest BCUT2D eigenvalue weighted by atomic mass is 9.77. The molecule has 36 heavy (non-hydrogen) atoms. The maximum atomic E-state index is 13.4. The van der Waals surface area contributed by atoms with Crippen molar-refractivity contribution in [2.45, 2.75) is 49.2 Å². The summed E-state index contributed by atoms with van der Waals surface area (Å²) in [4.78, 5) is 37.6. The highest BCUT2D eigenvalue weighted by atomic mass is 35.5. The number of benzene rings is 2. The molecule has 10 nitrogen and oxygen atoms in total. The normalized spacial score (nSPS) is 24.4. The Morgan fingerprint density at radius 3 is 2.44 bits per heavy atom. The summed E-state index contributed by atoms with van der Waals surface area (Å²) in [5, 5.41) is 36.3. The number of methoxy groups -OCH3 is 1. The first-order valence-electron chi connectivity index (χ1n) is 11.0. The third-order valence-corrected chi connectivity index (χ3v) is 6.37. The van der Waals surface area contributed by atoms with Gasteiger partial charge >= 0.3 is 0 Å². The molecule has 3 rings (SSSR count). The van der Waals surface area contributed by atoms with Crippen LogP contribution in [-0.4, -0.2) is 70.0 Å². The molecule has 0 bridgehead atoms. The Kier molecular flexibility index (Phi) is 8.51. The van der Waals surface area contributed by atoms with Gasteiger partial charge in [0.2, 0.25) is 5.91 Å². The summed E-state index contributed by atoms with van der Waals surface area (Å²) < 4.78 is 18.5. The van der Waals surface area contributed by atoms with Crippen LogP contribution < -0.4 is 21.1 Å². The van der Waals surface area contributed by atoms with E-state index >= 15 is 0 Å². The van der Waals surface area contributed by atoms with Crippen LogP contribution in [0.25, 0.3) is 0 Å². The summed E-state index contributed by atoms with van der Waals surface area (Å²) in [5.41, 5.74) is 3.83. The summed E-state index contributed by atoms with van der Waals surface area (Å²) in [6, 6.07) is 7.49. The lowest BCUT2D eigenvalue weighted by Gasteiger charge is -2.41. The summed E-state index contributed by atoms with van der Waals surface area (Å²) >= 11 is 5.71. The second-order valence-corrected chi connectivity index (χ2v) is 9.09. The van der Waals surface area contributed by atoms with Crippen molar-refractivity contribution in [3.8, 4) is 5.75 Å². The van der Waals surface area contributed by atoms with Crippen molar-refractivity contribution in [3.05, 3.63) is 64.4 Å². The molecule has 1 aliphatic rings. The average molecular weight is 524 g/mol.